The third kappa shape index (κ3) is 1.51. The third-order valence-electron chi connectivity index (χ3n) is 8.85. The van der Waals surface area contributed by atoms with Crippen molar-refractivity contribution in [2.24, 2.45) is 40.4 Å². The number of fused-ring (bicyclic) bond motifs is 7. The van der Waals surface area contributed by atoms with E-state index in [-0.39, 0.29) is 0 Å². The molecule has 2 heteroatoms. The minimum atomic E-state index is 0.389. The zero-order valence-electron chi connectivity index (χ0n) is 14.1. The number of rotatable bonds is 2. The van der Waals surface area contributed by atoms with Gasteiger partial charge in [-0.1, -0.05) is 26.8 Å². The highest BCUT2D eigenvalue weighted by atomic mass is 32.2. The summed E-state index contributed by atoms with van der Waals surface area (Å²) in [6.07, 6.45) is 10.6. The van der Waals surface area contributed by atoms with Gasteiger partial charge in [0.15, 0.2) is 5.78 Å². The maximum absolute atomic E-state index is 12.9. The largest absolute Gasteiger partial charge is 0.293 e. The second-order valence-electron chi connectivity index (χ2n) is 9.55. The second kappa shape index (κ2) is 4.23. The minimum Gasteiger partial charge on any atom is -0.293 e. The summed E-state index contributed by atoms with van der Waals surface area (Å²) in [6.45, 7) is 7.46. The maximum Gasteiger partial charge on any atom is 0.172 e. The van der Waals surface area contributed by atoms with E-state index < -0.39 is 0 Å². The number of carbonyl (C=O) groups is 1. The molecular formula is C20H28OS. The molecule has 5 aliphatic rings. The Bertz CT molecular complexity index is 576. The molecule has 0 aromatic carbocycles. The number of Topliss-reactive ketones (excluding diaryl/α,β-unsaturated/α-hetero) is 1. The highest BCUT2D eigenvalue weighted by Gasteiger charge is 2.62. The van der Waals surface area contributed by atoms with E-state index in [1.54, 1.807) is 0 Å². The Morgan fingerprint density at radius 2 is 1.86 bits per heavy atom. The van der Waals surface area contributed by atoms with Crippen molar-refractivity contribution < 1.29 is 4.79 Å². The lowest BCUT2D eigenvalue weighted by Gasteiger charge is -2.39. The summed E-state index contributed by atoms with van der Waals surface area (Å²) < 4.78 is 0. The molecule has 120 valence electrons. The standard InChI is InChI=1S/C20H28OS/c1-19(2)13-6-7-20(19,3)16(9-13)22-15-10-14-11-4-5-12(8-11)17(14)18(15)21/h10-14,16-17H,4-9H2,1-3H3/t11?,12?,13-,14?,16-,17?,20+/m0/s1. The first kappa shape index (κ1) is 14.1. The maximum atomic E-state index is 12.9. The van der Waals surface area contributed by atoms with Crippen molar-refractivity contribution in [3.05, 3.63) is 11.0 Å². The molecule has 0 saturated heterocycles. The Balaban J connectivity index is 1.40. The van der Waals surface area contributed by atoms with Crippen LogP contribution in [-0.4, -0.2) is 11.0 Å². The average molecular weight is 317 g/mol. The lowest BCUT2D eigenvalue weighted by Crippen LogP contribution is -2.34. The molecule has 0 amide bonds. The van der Waals surface area contributed by atoms with E-state index in [1.807, 2.05) is 11.8 Å². The van der Waals surface area contributed by atoms with Crippen LogP contribution in [0.1, 0.15) is 59.3 Å². The van der Waals surface area contributed by atoms with Gasteiger partial charge in [0.2, 0.25) is 0 Å². The first-order chi connectivity index (χ1) is 10.4. The molecular weight excluding hydrogens is 288 g/mol. The SMILES string of the molecule is CC1(C)[C@H]2CC[C@]1(C)[C@@H](SC1=CC3C4CCC(C4)C3C1=O)C2. The van der Waals surface area contributed by atoms with Crippen LogP contribution in [0.15, 0.2) is 11.0 Å². The Hall–Kier alpha value is -0.240. The van der Waals surface area contributed by atoms with Gasteiger partial charge < -0.3 is 0 Å². The predicted molar refractivity (Wildman–Crippen MR) is 91.5 cm³/mol. The molecule has 0 aromatic heterocycles. The Kier molecular flexibility index (Phi) is 2.72. The topological polar surface area (TPSA) is 17.1 Å². The first-order valence-corrected chi connectivity index (χ1v) is 10.2. The number of hydrogen-bond acceptors (Lipinski definition) is 2. The van der Waals surface area contributed by atoms with E-state index >= 15 is 0 Å². The smallest absolute Gasteiger partial charge is 0.172 e. The number of allylic oxidation sites excluding steroid dienone is 2. The van der Waals surface area contributed by atoms with E-state index in [0.29, 0.717) is 33.7 Å². The fourth-order valence-electron chi connectivity index (χ4n) is 6.94. The molecule has 0 radical (unpaired) electrons. The van der Waals surface area contributed by atoms with Gasteiger partial charge in [-0.25, -0.2) is 0 Å². The normalized spacial score (nSPS) is 54.1. The van der Waals surface area contributed by atoms with Crippen molar-refractivity contribution in [2.75, 3.05) is 0 Å². The highest BCUT2D eigenvalue weighted by Crippen LogP contribution is 2.69. The molecule has 0 heterocycles. The lowest BCUT2D eigenvalue weighted by molar-refractivity contribution is -0.119. The number of thioether (sulfide) groups is 1. The summed E-state index contributed by atoms with van der Waals surface area (Å²) in [5.41, 5.74) is 0.891. The van der Waals surface area contributed by atoms with Crippen LogP contribution in [0.5, 0.6) is 0 Å². The minimum absolute atomic E-state index is 0.389. The van der Waals surface area contributed by atoms with Gasteiger partial charge in [0.1, 0.15) is 0 Å². The van der Waals surface area contributed by atoms with Crippen LogP contribution in [0, 0.1) is 40.4 Å². The number of hydrogen-bond donors (Lipinski definition) is 0. The molecule has 0 aliphatic heterocycles. The monoisotopic (exact) mass is 316 g/mol. The van der Waals surface area contributed by atoms with Crippen LogP contribution in [0.3, 0.4) is 0 Å². The van der Waals surface area contributed by atoms with Crippen LogP contribution in [0.2, 0.25) is 0 Å². The van der Waals surface area contributed by atoms with E-state index in [9.17, 15) is 4.79 Å². The number of ketones is 1. The van der Waals surface area contributed by atoms with Crippen LogP contribution in [-0.2, 0) is 4.79 Å². The van der Waals surface area contributed by atoms with Crippen molar-refractivity contribution >= 4 is 17.5 Å². The first-order valence-electron chi connectivity index (χ1n) is 9.34. The molecule has 1 nitrogen and oxygen atoms in total. The van der Waals surface area contributed by atoms with E-state index in [2.05, 4.69) is 26.8 Å². The second-order valence-corrected chi connectivity index (χ2v) is 10.8. The van der Waals surface area contributed by atoms with Crippen LogP contribution >= 0.6 is 11.8 Å². The highest BCUT2D eigenvalue weighted by molar-refractivity contribution is 8.04. The van der Waals surface area contributed by atoms with Gasteiger partial charge in [-0.15, -0.1) is 11.8 Å². The van der Waals surface area contributed by atoms with Crippen LogP contribution in [0.4, 0.5) is 0 Å². The fourth-order valence-corrected chi connectivity index (χ4v) is 8.75. The quantitative estimate of drug-likeness (QED) is 0.708. The van der Waals surface area contributed by atoms with E-state index in [4.69, 9.17) is 0 Å². The summed E-state index contributed by atoms with van der Waals surface area (Å²) in [7, 11) is 0. The molecule has 0 spiro atoms. The molecule has 0 N–H and O–H groups in total. The van der Waals surface area contributed by atoms with Crippen molar-refractivity contribution in [3.63, 3.8) is 0 Å². The molecule has 4 saturated carbocycles. The van der Waals surface area contributed by atoms with Crippen LogP contribution in [0.25, 0.3) is 0 Å². The van der Waals surface area contributed by atoms with Gasteiger partial charge in [-0.2, -0.15) is 0 Å². The van der Waals surface area contributed by atoms with Gasteiger partial charge in [0, 0.05) is 16.1 Å². The zero-order chi connectivity index (χ0) is 15.3. The van der Waals surface area contributed by atoms with Gasteiger partial charge in [0.05, 0.1) is 0 Å². The van der Waals surface area contributed by atoms with Crippen molar-refractivity contribution in [2.45, 2.75) is 64.5 Å². The van der Waals surface area contributed by atoms with E-state index in [0.717, 1.165) is 17.8 Å². The van der Waals surface area contributed by atoms with Gasteiger partial charge in [0.25, 0.3) is 0 Å². The molecule has 4 fully saturated rings. The van der Waals surface area contributed by atoms with Crippen LogP contribution < -0.4 is 0 Å². The molecule has 7 atom stereocenters. The molecule has 22 heavy (non-hydrogen) atoms. The summed E-state index contributed by atoms with van der Waals surface area (Å²) in [5, 5.41) is 0.674. The number of carbonyl (C=O) groups excluding carboxylic acids is 1. The van der Waals surface area contributed by atoms with Gasteiger partial charge in [-0.05, 0) is 73.0 Å². The van der Waals surface area contributed by atoms with Crippen molar-refractivity contribution in [1.82, 2.24) is 0 Å². The molecule has 4 bridgehead atoms. The average Bonchev–Trinajstić information content (AvgIpc) is 3.21. The summed E-state index contributed by atoms with van der Waals surface area (Å²) in [4.78, 5) is 14.1. The molecule has 4 unspecified atom stereocenters. The molecule has 5 rings (SSSR count). The summed E-state index contributed by atoms with van der Waals surface area (Å²) in [5.74, 6) is 3.98. The Morgan fingerprint density at radius 1 is 1.09 bits per heavy atom. The van der Waals surface area contributed by atoms with Crippen molar-refractivity contribution in [3.8, 4) is 0 Å². The van der Waals surface area contributed by atoms with Crippen molar-refractivity contribution in [1.29, 1.82) is 0 Å². The van der Waals surface area contributed by atoms with Gasteiger partial charge >= 0.3 is 0 Å². The molecule has 5 aliphatic carbocycles. The third-order valence-corrected chi connectivity index (χ3v) is 10.4. The summed E-state index contributed by atoms with van der Waals surface area (Å²) >= 11 is 1.99. The Labute approximate surface area is 138 Å². The van der Waals surface area contributed by atoms with E-state index in [1.165, 1.54) is 43.4 Å². The fraction of sp³-hybridized carbons (Fsp3) is 0.850. The van der Waals surface area contributed by atoms with Gasteiger partial charge in [-0.3, -0.25) is 4.79 Å². The predicted octanol–water partition coefficient (Wildman–Crippen LogP) is 5.06. The summed E-state index contributed by atoms with van der Waals surface area (Å²) in [6, 6.07) is 0. The Morgan fingerprint density at radius 3 is 2.50 bits per heavy atom. The zero-order valence-corrected chi connectivity index (χ0v) is 14.9. The lowest BCUT2D eigenvalue weighted by atomic mass is 9.71. The molecule has 0 aromatic rings.